The molecule has 106 valence electrons. The molecule has 1 aromatic carbocycles. The van der Waals surface area contributed by atoms with Gasteiger partial charge in [0.1, 0.15) is 0 Å². The molecule has 0 aromatic heterocycles. The van der Waals surface area contributed by atoms with Gasteiger partial charge in [-0.2, -0.15) is 13.2 Å². The second kappa shape index (κ2) is 5.16. The summed E-state index contributed by atoms with van der Waals surface area (Å²) in [6.07, 6.45) is -0.0505. The van der Waals surface area contributed by atoms with Gasteiger partial charge in [0.25, 0.3) is 0 Å². The van der Waals surface area contributed by atoms with E-state index in [2.05, 4.69) is 0 Å². The zero-order valence-electron chi connectivity index (χ0n) is 11.0. The van der Waals surface area contributed by atoms with Gasteiger partial charge < -0.3 is 5.11 Å². The van der Waals surface area contributed by atoms with E-state index in [4.69, 9.17) is 0 Å². The van der Waals surface area contributed by atoms with Crippen molar-refractivity contribution in [3.05, 3.63) is 35.4 Å². The Balaban J connectivity index is 2.22. The van der Waals surface area contributed by atoms with E-state index in [-0.39, 0.29) is 5.41 Å². The van der Waals surface area contributed by atoms with Crippen LogP contribution in [0.3, 0.4) is 0 Å². The summed E-state index contributed by atoms with van der Waals surface area (Å²) in [7, 11) is 0. The standard InChI is InChI=1S/C15H19F3O/c1-2-14(9-3-4-10-14)13(19)11-5-7-12(8-6-11)15(16,17)18/h5-8,13,19H,2-4,9-10H2,1H3. The lowest BCUT2D eigenvalue weighted by Crippen LogP contribution is -2.25. The predicted molar refractivity (Wildman–Crippen MR) is 67.6 cm³/mol. The molecule has 0 bridgehead atoms. The Hall–Kier alpha value is -1.03. The van der Waals surface area contributed by atoms with E-state index in [9.17, 15) is 18.3 Å². The molecule has 1 aliphatic rings. The monoisotopic (exact) mass is 272 g/mol. The zero-order chi connectivity index (χ0) is 14.1. The van der Waals surface area contributed by atoms with Crippen molar-refractivity contribution < 1.29 is 18.3 Å². The van der Waals surface area contributed by atoms with Gasteiger partial charge in [0, 0.05) is 5.41 Å². The second-order valence-electron chi connectivity index (χ2n) is 5.45. The van der Waals surface area contributed by atoms with Crippen LogP contribution in [0.15, 0.2) is 24.3 Å². The molecule has 0 saturated heterocycles. The van der Waals surface area contributed by atoms with Crippen molar-refractivity contribution in [1.82, 2.24) is 0 Å². The van der Waals surface area contributed by atoms with E-state index < -0.39 is 17.8 Å². The number of hydrogen-bond donors (Lipinski definition) is 1. The lowest BCUT2D eigenvalue weighted by molar-refractivity contribution is -0.137. The van der Waals surface area contributed by atoms with Gasteiger partial charge in [-0.05, 0) is 37.0 Å². The molecular formula is C15H19F3O. The Kier molecular flexibility index (Phi) is 3.90. The zero-order valence-corrected chi connectivity index (χ0v) is 11.0. The third kappa shape index (κ3) is 2.78. The minimum Gasteiger partial charge on any atom is -0.388 e. The highest BCUT2D eigenvalue weighted by Gasteiger charge is 2.40. The first-order chi connectivity index (χ1) is 8.89. The Morgan fingerprint density at radius 3 is 2.11 bits per heavy atom. The molecule has 1 aliphatic carbocycles. The molecular weight excluding hydrogens is 253 g/mol. The van der Waals surface area contributed by atoms with Crippen LogP contribution >= 0.6 is 0 Å². The number of alkyl halides is 3. The highest BCUT2D eigenvalue weighted by molar-refractivity contribution is 5.27. The highest BCUT2D eigenvalue weighted by Crippen LogP contribution is 2.50. The molecule has 0 aliphatic heterocycles. The number of halogens is 3. The summed E-state index contributed by atoms with van der Waals surface area (Å²) in [6, 6.07) is 4.92. The summed E-state index contributed by atoms with van der Waals surface area (Å²) in [5.41, 5.74) is -0.225. The molecule has 1 atom stereocenters. The van der Waals surface area contributed by atoms with Crippen molar-refractivity contribution in [2.24, 2.45) is 5.41 Å². The maximum absolute atomic E-state index is 12.5. The quantitative estimate of drug-likeness (QED) is 0.845. The van der Waals surface area contributed by atoms with Crippen LogP contribution in [0.5, 0.6) is 0 Å². The van der Waals surface area contributed by atoms with E-state index in [1.165, 1.54) is 12.1 Å². The predicted octanol–water partition coefficient (Wildman–Crippen LogP) is 4.71. The minimum absolute atomic E-state index is 0.153. The van der Waals surface area contributed by atoms with Crippen LogP contribution in [0.2, 0.25) is 0 Å². The summed E-state index contributed by atoms with van der Waals surface area (Å²) < 4.78 is 37.5. The summed E-state index contributed by atoms with van der Waals surface area (Å²) in [5, 5.41) is 10.5. The number of benzene rings is 1. The summed E-state index contributed by atoms with van der Waals surface area (Å²) in [4.78, 5) is 0. The van der Waals surface area contributed by atoms with Crippen LogP contribution in [-0.2, 0) is 6.18 Å². The fraction of sp³-hybridized carbons (Fsp3) is 0.600. The smallest absolute Gasteiger partial charge is 0.388 e. The van der Waals surface area contributed by atoms with Crippen LogP contribution in [0.25, 0.3) is 0 Å². The van der Waals surface area contributed by atoms with Crippen LogP contribution < -0.4 is 0 Å². The summed E-state index contributed by atoms with van der Waals surface area (Å²) >= 11 is 0. The van der Waals surface area contributed by atoms with Crippen molar-refractivity contribution >= 4 is 0 Å². The molecule has 1 aromatic rings. The lowest BCUT2D eigenvalue weighted by Gasteiger charge is -2.33. The molecule has 19 heavy (non-hydrogen) atoms. The van der Waals surface area contributed by atoms with E-state index in [1.807, 2.05) is 6.92 Å². The Labute approximate surface area is 111 Å². The molecule has 1 N–H and O–H groups in total. The third-order valence-corrected chi connectivity index (χ3v) is 4.44. The Morgan fingerprint density at radius 2 is 1.68 bits per heavy atom. The molecule has 4 heteroatoms. The lowest BCUT2D eigenvalue weighted by atomic mass is 9.75. The van der Waals surface area contributed by atoms with Gasteiger partial charge in [0.05, 0.1) is 11.7 Å². The molecule has 1 saturated carbocycles. The summed E-state index contributed by atoms with van der Waals surface area (Å²) in [6.45, 7) is 2.04. The van der Waals surface area contributed by atoms with Crippen molar-refractivity contribution in [1.29, 1.82) is 0 Å². The Morgan fingerprint density at radius 1 is 1.16 bits per heavy atom. The van der Waals surface area contributed by atoms with Crippen LogP contribution in [0.4, 0.5) is 13.2 Å². The third-order valence-electron chi connectivity index (χ3n) is 4.44. The van der Waals surface area contributed by atoms with Crippen molar-refractivity contribution in [2.75, 3.05) is 0 Å². The summed E-state index contributed by atoms with van der Waals surface area (Å²) in [5.74, 6) is 0. The average molecular weight is 272 g/mol. The first-order valence-corrected chi connectivity index (χ1v) is 6.74. The fourth-order valence-electron chi connectivity index (χ4n) is 3.11. The molecule has 1 nitrogen and oxygen atoms in total. The van der Waals surface area contributed by atoms with Crippen LogP contribution in [0, 0.1) is 5.41 Å². The molecule has 0 spiro atoms. The van der Waals surface area contributed by atoms with E-state index in [0.717, 1.165) is 44.2 Å². The SMILES string of the molecule is CCC1(C(O)c2ccc(C(F)(F)F)cc2)CCCC1. The van der Waals surface area contributed by atoms with Gasteiger partial charge in [-0.15, -0.1) is 0 Å². The van der Waals surface area contributed by atoms with Crippen molar-refractivity contribution in [3.63, 3.8) is 0 Å². The van der Waals surface area contributed by atoms with Crippen LogP contribution in [0.1, 0.15) is 56.3 Å². The van der Waals surface area contributed by atoms with Gasteiger partial charge >= 0.3 is 6.18 Å². The fourth-order valence-corrected chi connectivity index (χ4v) is 3.11. The molecule has 1 unspecified atom stereocenters. The number of aliphatic hydroxyl groups is 1. The van der Waals surface area contributed by atoms with E-state index in [1.54, 1.807) is 0 Å². The Bertz CT molecular complexity index is 416. The topological polar surface area (TPSA) is 20.2 Å². The molecule has 0 radical (unpaired) electrons. The van der Waals surface area contributed by atoms with E-state index in [0.29, 0.717) is 5.56 Å². The van der Waals surface area contributed by atoms with Gasteiger partial charge in [0.15, 0.2) is 0 Å². The average Bonchev–Trinajstić information content (AvgIpc) is 2.87. The van der Waals surface area contributed by atoms with Gasteiger partial charge in [-0.3, -0.25) is 0 Å². The second-order valence-corrected chi connectivity index (χ2v) is 5.45. The van der Waals surface area contributed by atoms with Gasteiger partial charge in [-0.25, -0.2) is 0 Å². The van der Waals surface area contributed by atoms with Crippen molar-refractivity contribution in [2.45, 2.75) is 51.3 Å². The maximum atomic E-state index is 12.5. The van der Waals surface area contributed by atoms with E-state index >= 15 is 0 Å². The molecule has 0 heterocycles. The number of rotatable bonds is 3. The molecule has 1 fully saturated rings. The van der Waals surface area contributed by atoms with Crippen LogP contribution in [-0.4, -0.2) is 5.11 Å². The van der Waals surface area contributed by atoms with Gasteiger partial charge in [0.2, 0.25) is 0 Å². The largest absolute Gasteiger partial charge is 0.416 e. The first-order valence-electron chi connectivity index (χ1n) is 6.74. The molecule has 2 rings (SSSR count). The normalized spacial score (nSPS) is 20.5. The number of hydrogen-bond acceptors (Lipinski definition) is 1. The van der Waals surface area contributed by atoms with Gasteiger partial charge in [-0.1, -0.05) is 31.9 Å². The number of aliphatic hydroxyl groups excluding tert-OH is 1. The minimum atomic E-state index is -4.32. The highest BCUT2D eigenvalue weighted by atomic mass is 19.4. The maximum Gasteiger partial charge on any atom is 0.416 e. The first kappa shape index (κ1) is 14.4. The molecule has 0 amide bonds. The van der Waals surface area contributed by atoms with Crippen molar-refractivity contribution in [3.8, 4) is 0 Å².